The molecule has 1 saturated heterocycles. The van der Waals surface area contributed by atoms with Crippen LogP contribution in [-0.4, -0.2) is 49.1 Å². The van der Waals surface area contributed by atoms with Crippen LogP contribution < -0.4 is 5.32 Å². The second kappa shape index (κ2) is 6.53. The molecule has 0 radical (unpaired) electrons. The highest BCUT2D eigenvalue weighted by molar-refractivity contribution is 6.01. The van der Waals surface area contributed by atoms with Gasteiger partial charge in [-0.15, -0.1) is 0 Å². The standard InChI is InChI=1S/C14H19N3O4/c1-15-13-11(6-3-7-12(13)17(19)20)14(18)16(2)9-10-5-4-8-21-10/h3,6-7,10,15H,4-5,8-9H2,1-2H3. The molecule has 0 aliphatic carbocycles. The molecule has 1 heterocycles. The van der Waals surface area contributed by atoms with Gasteiger partial charge in [0.1, 0.15) is 5.69 Å². The summed E-state index contributed by atoms with van der Waals surface area (Å²) in [6.45, 7) is 1.22. The Morgan fingerprint density at radius 1 is 1.57 bits per heavy atom. The summed E-state index contributed by atoms with van der Waals surface area (Å²) < 4.78 is 5.51. The maximum atomic E-state index is 12.5. The van der Waals surface area contributed by atoms with Gasteiger partial charge < -0.3 is 15.0 Å². The molecular weight excluding hydrogens is 274 g/mol. The van der Waals surface area contributed by atoms with E-state index < -0.39 is 4.92 Å². The first-order valence-electron chi connectivity index (χ1n) is 6.86. The molecule has 1 atom stereocenters. The Bertz CT molecular complexity index is 541. The van der Waals surface area contributed by atoms with Gasteiger partial charge in [-0.2, -0.15) is 0 Å². The van der Waals surface area contributed by atoms with Crippen LogP contribution in [0.15, 0.2) is 18.2 Å². The van der Waals surface area contributed by atoms with Crippen molar-refractivity contribution < 1.29 is 14.5 Å². The number of para-hydroxylation sites is 1. The number of anilines is 1. The minimum atomic E-state index is -0.497. The second-order valence-electron chi connectivity index (χ2n) is 5.03. The number of carbonyl (C=O) groups excluding carboxylic acids is 1. The number of nitro benzene ring substituents is 1. The zero-order chi connectivity index (χ0) is 15.4. The smallest absolute Gasteiger partial charge is 0.293 e. The summed E-state index contributed by atoms with van der Waals surface area (Å²) in [5.74, 6) is -0.251. The van der Waals surface area contributed by atoms with E-state index in [1.807, 2.05) is 0 Å². The highest BCUT2D eigenvalue weighted by atomic mass is 16.6. The van der Waals surface area contributed by atoms with E-state index in [0.717, 1.165) is 19.4 Å². The van der Waals surface area contributed by atoms with Gasteiger partial charge in [0.25, 0.3) is 11.6 Å². The van der Waals surface area contributed by atoms with E-state index in [0.29, 0.717) is 12.1 Å². The number of benzene rings is 1. The molecule has 1 amide bonds. The fourth-order valence-corrected chi connectivity index (χ4v) is 2.52. The van der Waals surface area contributed by atoms with Crippen molar-refractivity contribution in [1.82, 2.24) is 4.90 Å². The summed E-state index contributed by atoms with van der Waals surface area (Å²) in [5.41, 5.74) is 0.438. The van der Waals surface area contributed by atoms with Crippen molar-refractivity contribution in [2.45, 2.75) is 18.9 Å². The highest BCUT2D eigenvalue weighted by Crippen LogP contribution is 2.28. The van der Waals surface area contributed by atoms with Crippen molar-refractivity contribution in [2.24, 2.45) is 0 Å². The van der Waals surface area contributed by atoms with Crippen LogP contribution in [0, 0.1) is 10.1 Å². The molecule has 0 saturated carbocycles. The first-order valence-corrected chi connectivity index (χ1v) is 6.86. The summed E-state index contributed by atoms with van der Waals surface area (Å²) in [5, 5.41) is 13.8. The Kier molecular flexibility index (Phi) is 4.74. The Labute approximate surface area is 123 Å². The molecule has 1 fully saturated rings. The van der Waals surface area contributed by atoms with Gasteiger partial charge in [-0.05, 0) is 18.9 Å². The summed E-state index contributed by atoms with van der Waals surface area (Å²) in [7, 11) is 3.25. The molecule has 21 heavy (non-hydrogen) atoms. The molecular formula is C14H19N3O4. The predicted octanol–water partition coefficient (Wildman–Crippen LogP) is 1.89. The number of nitrogens with zero attached hydrogens (tertiary/aromatic N) is 2. The number of hydrogen-bond donors (Lipinski definition) is 1. The highest BCUT2D eigenvalue weighted by Gasteiger charge is 2.25. The molecule has 1 aromatic carbocycles. The third-order valence-corrected chi connectivity index (χ3v) is 3.57. The quantitative estimate of drug-likeness (QED) is 0.662. The average Bonchev–Trinajstić information content (AvgIpc) is 2.98. The molecule has 1 aliphatic heterocycles. The van der Waals surface area contributed by atoms with Crippen molar-refractivity contribution in [3.63, 3.8) is 0 Å². The fourth-order valence-electron chi connectivity index (χ4n) is 2.52. The molecule has 7 heteroatoms. The van der Waals surface area contributed by atoms with E-state index in [-0.39, 0.29) is 23.4 Å². The van der Waals surface area contributed by atoms with Crippen LogP contribution in [-0.2, 0) is 4.74 Å². The Morgan fingerprint density at radius 3 is 2.90 bits per heavy atom. The lowest BCUT2D eigenvalue weighted by Gasteiger charge is -2.22. The zero-order valence-electron chi connectivity index (χ0n) is 12.2. The van der Waals surface area contributed by atoms with E-state index in [1.54, 1.807) is 25.1 Å². The van der Waals surface area contributed by atoms with E-state index in [4.69, 9.17) is 4.74 Å². The molecule has 114 valence electrons. The van der Waals surface area contributed by atoms with E-state index in [1.165, 1.54) is 12.1 Å². The van der Waals surface area contributed by atoms with Crippen molar-refractivity contribution in [1.29, 1.82) is 0 Å². The van der Waals surface area contributed by atoms with Crippen molar-refractivity contribution >= 4 is 17.3 Å². The lowest BCUT2D eigenvalue weighted by atomic mass is 10.1. The van der Waals surface area contributed by atoms with Crippen LogP contribution in [0.1, 0.15) is 23.2 Å². The van der Waals surface area contributed by atoms with Crippen molar-refractivity contribution in [3.8, 4) is 0 Å². The number of nitro groups is 1. The van der Waals surface area contributed by atoms with Gasteiger partial charge >= 0.3 is 0 Å². The van der Waals surface area contributed by atoms with E-state index in [2.05, 4.69) is 5.32 Å². The lowest BCUT2D eigenvalue weighted by Crippen LogP contribution is -2.34. The monoisotopic (exact) mass is 293 g/mol. The Morgan fingerprint density at radius 2 is 2.33 bits per heavy atom. The summed E-state index contributed by atoms with van der Waals surface area (Å²) in [6, 6.07) is 4.49. The molecule has 2 rings (SSSR count). The number of likely N-dealkylation sites (N-methyl/N-ethyl adjacent to an activating group) is 1. The first-order chi connectivity index (χ1) is 10.0. The minimum absolute atomic E-state index is 0.0516. The maximum absolute atomic E-state index is 12.5. The number of amides is 1. The van der Waals surface area contributed by atoms with Gasteiger partial charge in [0.05, 0.1) is 16.6 Å². The molecule has 0 bridgehead atoms. The SMILES string of the molecule is CNc1c(C(=O)N(C)CC2CCCO2)cccc1[N+](=O)[O-]. The summed E-state index contributed by atoms with van der Waals surface area (Å²) in [6.07, 6.45) is 1.99. The number of carbonyl (C=O) groups is 1. The Balaban J connectivity index is 2.21. The third-order valence-electron chi connectivity index (χ3n) is 3.57. The van der Waals surface area contributed by atoms with E-state index in [9.17, 15) is 14.9 Å². The van der Waals surface area contributed by atoms with Crippen LogP contribution in [0.3, 0.4) is 0 Å². The molecule has 0 spiro atoms. The zero-order valence-corrected chi connectivity index (χ0v) is 12.2. The summed E-state index contributed by atoms with van der Waals surface area (Å²) >= 11 is 0. The van der Waals surface area contributed by atoms with Crippen LogP contribution in [0.4, 0.5) is 11.4 Å². The maximum Gasteiger partial charge on any atom is 0.293 e. The first kappa shape index (κ1) is 15.2. The number of hydrogen-bond acceptors (Lipinski definition) is 5. The predicted molar refractivity (Wildman–Crippen MR) is 78.6 cm³/mol. The molecule has 1 N–H and O–H groups in total. The lowest BCUT2D eigenvalue weighted by molar-refractivity contribution is -0.384. The molecule has 7 nitrogen and oxygen atoms in total. The normalized spacial score (nSPS) is 17.5. The van der Waals surface area contributed by atoms with Gasteiger partial charge in [-0.3, -0.25) is 14.9 Å². The number of rotatable bonds is 5. The topological polar surface area (TPSA) is 84.7 Å². The van der Waals surface area contributed by atoms with Crippen LogP contribution >= 0.6 is 0 Å². The van der Waals surface area contributed by atoms with Gasteiger partial charge in [-0.25, -0.2) is 0 Å². The second-order valence-corrected chi connectivity index (χ2v) is 5.03. The molecule has 0 aromatic heterocycles. The van der Waals surface area contributed by atoms with Crippen molar-refractivity contribution in [2.75, 3.05) is 32.6 Å². The van der Waals surface area contributed by atoms with E-state index >= 15 is 0 Å². The van der Waals surface area contributed by atoms with Crippen molar-refractivity contribution in [3.05, 3.63) is 33.9 Å². The van der Waals surface area contributed by atoms with Crippen LogP contribution in [0.5, 0.6) is 0 Å². The van der Waals surface area contributed by atoms with Gasteiger partial charge in [0, 0.05) is 33.3 Å². The Hall–Kier alpha value is -2.15. The average molecular weight is 293 g/mol. The molecule has 1 unspecified atom stereocenters. The third kappa shape index (κ3) is 3.30. The van der Waals surface area contributed by atoms with Crippen LogP contribution in [0.2, 0.25) is 0 Å². The van der Waals surface area contributed by atoms with Crippen LogP contribution in [0.25, 0.3) is 0 Å². The van der Waals surface area contributed by atoms with Gasteiger partial charge in [0.2, 0.25) is 0 Å². The molecule has 1 aliphatic rings. The number of nitrogens with one attached hydrogen (secondary N) is 1. The number of ether oxygens (including phenoxy) is 1. The van der Waals surface area contributed by atoms with Gasteiger partial charge in [-0.1, -0.05) is 6.07 Å². The fraction of sp³-hybridized carbons (Fsp3) is 0.500. The summed E-state index contributed by atoms with van der Waals surface area (Å²) in [4.78, 5) is 24.6. The van der Waals surface area contributed by atoms with Gasteiger partial charge in [0.15, 0.2) is 0 Å². The largest absolute Gasteiger partial charge is 0.382 e. The minimum Gasteiger partial charge on any atom is -0.382 e. The molecule has 1 aromatic rings.